The molecule has 2 aromatic rings. The Morgan fingerprint density at radius 1 is 1.30 bits per heavy atom. The number of morpholine rings is 1. The second-order valence-electron chi connectivity index (χ2n) is 6.90. The summed E-state index contributed by atoms with van der Waals surface area (Å²) in [5.74, 6) is -0.0661. The second-order valence-corrected chi connectivity index (χ2v) is 6.90. The summed E-state index contributed by atoms with van der Waals surface area (Å²) in [6.45, 7) is 5.96. The molecule has 0 radical (unpaired) electrons. The smallest absolute Gasteiger partial charge is 0.248 e. The van der Waals surface area contributed by atoms with E-state index in [1.54, 1.807) is 4.90 Å². The van der Waals surface area contributed by atoms with Crippen molar-refractivity contribution in [3.63, 3.8) is 0 Å². The number of amides is 2. The summed E-state index contributed by atoms with van der Waals surface area (Å²) in [6, 6.07) is 11.9. The third-order valence-corrected chi connectivity index (χ3v) is 4.62. The first-order valence-electron chi connectivity index (χ1n) is 9.22. The van der Waals surface area contributed by atoms with Crippen LogP contribution in [0.2, 0.25) is 0 Å². The Bertz CT molecular complexity index is 788. The number of hydrogen-bond donors (Lipinski definition) is 1. The molecule has 27 heavy (non-hydrogen) atoms. The van der Waals surface area contributed by atoms with E-state index in [9.17, 15) is 9.59 Å². The van der Waals surface area contributed by atoms with Crippen LogP contribution >= 0.6 is 0 Å². The highest BCUT2D eigenvalue weighted by molar-refractivity contribution is 5.78. The minimum atomic E-state index is -0.191. The fourth-order valence-corrected chi connectivity index (χ4v) is 3.19. The van der Waals surface area contributed by atoms with Crippen molar-refractivity contribution in [3.05, 3.63) is 53.3 Å². The number of aryl methyl sites for hydroxylation is 3. The Balaban J connectivity index is 1.44. The monoisotopic (exact) mass is 370 g/mol. The van der Waals surface area contributed by atoms with E-state index in [1.807, 2.05) is 54.9 Å². The molecule has 0 bridgehead atoms. The summed E-state index contributed by atoms with van der Waals surface area (Å²) in [5, 5.41) is 7.26. The molecule has 2 heterocycles. The molecule has 1 aliphatic heterocycles. The molecule has 0 spiro atoms. The van der Waals surface area contributed by atoms with Crippen molar-refractivity contribution in [3.8, 4) is 0 Å². The molecule has 7 heteroatoms. The number of carbonyl (C=O) groups excluding carboxylic acids is 2. The van der Waals surface area contributed by atoms with Crippen LogP contribution in [0.5, 0.6) is 0 Å². The van der Waals surface area contributed by atoms with Crippen LogP contribution in [-0.4, -0.2) is 52.3 Å². The van der Waals surface area contributed by atoms with Gasteiger partial charge in [0.05, 0.1) is 11.8 Å². The Kier molecular flexibility index (Phi) is 6.24. The number of rotatable bonds is 7. The third kappa shape index (κ3) is 5.40. The van der Waals surface area contributed by atoms with Gasteiger partial charge < -0.3 is 15.0 Å². The number of carbonyl (C=O) groups is 2. The first-order chi connectivity index (χ1) is 13.0. The summed E-state index contributed by atoms with van der Waals surface area (Å²) >= 11 is 0. The van der Waals surface area contributed by atoms with Crippen LogP contribution in [0.3, 0.4) is 0 Å². The van der Waals surface area contributed by atoms with Gasteiger partial charge in [0, 0.05) is 38.3 Å². The molecule has 1 atom stereocenters. The lowest BCUT2D eigenvalue weighted by Crippen LogP contribution is -2.50. The zero-order chi connectivity index (χ0) is 19.2. The lowest BCUT2D eigenvalue weighted by molar-refractivity contribution is -0.149. The molecule has 1 saturated heterocycles. The molecular formula is C20H26N4O3. The van der Waals surface area contributed by atoms with Crippen molar-refractivity contribution in [1.82, 2.24) is 20.0 Å². The lowest BCUT2D eigenvalue weighted by Gasteiger charge is -2.33. The fraction of sp³-hybridized carbons (Fsp3) is 0.450. The van der Waals surface area contributed by atoms with E-state index in [4.69, 9.17) is 4.74 Å². The maximum absolute atomic E-state index is 12.1. The molecule has 0 saturated carbocycles. The number of aromatic nitrogens is 2. The summed E-state index contributed by atoms with van der Waals surface area (Å²) in [4.78, 5) is 26.0. The van der Waals surface area contributed by atoms with Crippen LogP contribution in [0, 0.1) is 13.8 Å². The number of benzene rings is 1. The first kappa shape index (κ1) is 19.1. The van der Waals surface area contributed by atoms with Gasteiger partial charge in [0.15, 0.2) is 0 Å². The molecular weight excluding hydrogens is 344 g/mol. The Labute approximate surface area is 159 Å². The maximum Gasteiger partial charge on any atom is 0.248 e. The first-order valence-corrected chi connectivity index (χ1v) is 9.22. The predicted octanol–water partition coefficient (Wildman–Crippen LogP) is 1.43. The molecule has 1 unspecified atom stereocenters. The van der Waals surface area contributed by atoms with E-state index in [-0.39, 0.29) is 24.5 Å². The molecule has 7 nitrogen and oxygen atoms in total. The van der Waals surface area contributed by atoms with Crippen LogP contribution in [-0.2, 0) is 27.4 Å². The Morgan fingerprint density at radius 2 is 2.07 bits per heavy atom. The van der Waals surface area contributed by atoms with Gasteiger partial charge in [-0.3, -0.25) is 14.3 Å². The summed E-state index contributed by atoms with van der Waals surface area (Å²) in [6.07, 6.45) is 0.172. The van der Waals surface area contributed by atoms with E-state index in [0.717, 1.165) is 17.0 Å². The predicted molar refractivity (Wildman–Crippen MR) is 101 cm³/mol. The van der Waals surface area contributed by atoms with Crippen molar-refractivity contribution in [2.45, 2.75) is 39.5 Å². The molecule has 1 N–H and O–H groups in total. The molecule has 1 aromatic carbocycles. The van der Waals surface area contributed by atoms with Crippen LogP contribution in [0.15, 0.2) is 36.4 Å². The van der Waals surface area contributed by atoms with Gasteiger partial charge in [0.1, 0.15) is 6.61 Å². The normalized spacial score (nSPS) is 17.2. The Hall–Kier alpha value is -2.67. The van der Waals surface area contributed by atoms with Crippen molar-refractivity contribution in [1.29, 1.82) is 0 Å². The SMILES string of the molecule is Cc1cc(C)n(CCC(=O)NCC2CN(Cc3ccccc3)C(=O)CO2)n1. The quantitative estimate of drug-likeness (QED) is 0.800. The van der Waals surface area contributed by atoms with Crippen molar-refractivity contribution in [2.75, 3.05) is 19.7 Å². The van der Waals surface area contributed by atoms with Gasteiger partial charge in [-0.2, -0.15) is 5.10 Å². The van der Waals surface area contributed by atoms with E-state index in [1.165, 1.54) is 0 Å². The molecule has 0 aliphatic carbocycles. The van der Waals surface area contributed by atoms with Crippen molar-refractivity contribution in [2.24, 2.45) is 0 Å². The number of nitrogens with zero attached hydrogens (tertiary/aromatic N) is 3. The highest BCUT2D eigenvalue weighted by atomic mass is 16.5. The van der Waals surface area contributed by atoms with Crippen LogP contribution < -0.4 is 5.32 Å². The number of ether oxygens (including phenoxy) is 1. The molecule has 144 valence electrons. The average molecular weight is 370 g/mol. The van der Waals surface area contributed by atoms with Crippen molar-refractivity contribution < 1.29 is 14.3 Å². The molecule has 2 amide bonds. The largest absolute Gasteiger partial charge is 0.365 e. The maximum atomic E-state index is 12.1. The minimum absolute atomic E-state index is 0.0223. The van der Waals surface area contributed by atoms with Gasteiger partial charge in [-0.15, -0.1) is 0 Å². The van der Waals surface area contributed by atoms with Gasteiger partial charge in [-0.25, -0.2) is 0 Å². The van der Waals surface area contributed by atoms with E-state index < -0.39 is 0 Å². The average Bonchev–Trinajstić information content (AvgIpc) is 2.98. The van der Waals surface area contributed by atoms with Gasteiger partial charge in [-0.05, 0) is 25.5 Å². The van der Waals surface area contributed by atoms with Crippen LogP contribution in [0.4, 0.5) is 0 Å². The summed E-state index contributed by atoms with van der Waals surface area (Å²) < 4.78 is 7.41. The van der Waals surface area contributed by atoms with Crippen LogP contribution in [0.25, 0.3) is 0 Å². The number of hydrogen-bond acceptors (Lipinski definition) is 4. The number of nitrogens with one attached hydrogen (secondary N) is 1. The van der Waals surface area contributed by atoms with Gasteiger partial charge >= 0.3 is 0 Å². The van der Waals surface area contributed by atoms with Gasteiger partial charge in [0.25, 0.3) is 0 Å². The van der Waals surface area contributed by atoms with E-state index in [0.29, 0.717) is 32.6 Å². The van der Waals surface area contributed by atoms with Crippen molar-refractivity contribution >= 4 is 11.8 Å². The standard InChI is InChI=1S/C20H26N4O3/c1-15-10-16(2)24(22-15)9-8-19(25)21-11-18-13-23(20(26)14-27-18)12-17-6-4-3-5-7-17/h3-7,10,18H,8-9,11-14H2,1-2H3,(H,21,25). The lowest BCUT2D eigenvalue weighted by atomic mass is 10.2. The minimum Gasteiger partial charge on any atom is -0.365 e. The molecule has 1 fully saturated rings. The van der Waals surface area contributed by atoms with Crippen LogP contribution in [0.1, 0.15) is 23.4 Å². The van der Waals surface area contributed by atoms with E-state index >= 15 is 0 Å². The van der Waals surface area contributed by atoms with Gasteiger partial charge in [-0.1, -0.05) is 30.3 Å². The zero-order valence-corrected chi connectivity index (χ0v) is 15.9. The Morgan fingerprint density at radius 3 is 2.78 bits per heavy atom. The summed E-state index contributed by atoms with van der Waals surface area (Å²) in [7, 11) is 0. The summed E-state index contributed by atoms with van der Waals surface area (Å²) in [5.41, 5.74) is 3.08. The molecule has 3 rings (SSSR count). The highest BCUT2D eigenvalue weighted by Gasteiger charge is 2.26. The highest BCUT2D eigenvalue weighted by Crippen LogP contribution is 2.11. The zero-order valence-electron chi connectivity index (χ0n) is 15.9. The fourth-order valence-electron chi connectivity index (χ4n) is 3.19. The molecule has 1 aliphatic rings. The van der Waals surface area contributed by atoms with Gasteiger partial charge in [0.2, 0.25) is 11.8 Å². The third-order valence-electron chi connectivity index (χ3n) is 4.62. The topological polar surface area (TPSA) is 76.5 Å². The molecule has 1 aromatic heterocycles. The second kappa shape index (κ2) is 8.81. The van der Waals surface area contributed by atoms with E-state index in [2.05, 4.69) is 10.4 Å².